The molecule has 2 aromatic carbocycles. The zero-order valence-corrected chi connectivity index (χ0v) is 17.0. The predicted molar refractivity (Wildman–Crippen MR) is 119 cm³/mol. The lowest BCUT2D eigenvalue weighted by molar-refractivity contribution is 0.0903. The molecule has 1 aliphatic rings. The minimum atomic E-state index is 0.243. The van der Waals surface area contributed by atoms with E-state index in [1.54, 1.807) is 12.4 Å². The first-order valence-electron chi connectivity index (χ1n) is 10.4. The molecule has 2 aromatic heterocycles. The van der Waals surface area contributed by atoms with Crippen molar-refractivity contribution in [2.75, 3.05) is 18.5 Å². The highest BCUT2D eigenvalue weighted by Crippen LogP contribution is 2.27. The molecular weight excluding hydrogens is 388 g/mol. The molecule has 1 aliphatic heterocycles. The van der Waals surface area contributed by atoms with Gasteiger partial charge in [-0.2, -0.15) is 10.2 Å². The number of fused-ring (bicyclic) bond motifs is 1. The van der Waals surface area contributed by atoms with Crippen molar-refractivity contribution >= 4 is 16.7 Å². The lowest BCUT2D eigenvalue weighted by Gasteiger charge is -2.23. The van der Waals surface area contributed by atoms with Gasteiger partial charge in [-0.15, -0.1) is 0 Å². The summed E-state index contributed by atoms with van der Waals surface area (Å²) in [6.45, 7) is 1.49. The Hall–Kier alpha value is -3.76. The van der Waals surface area contributed by atoms with Crippen LogP contribution >= 0.6 is 0 Å². The smallest absolute Gasteiger partial charge is 0.224 e. The number of benzene rings is 2. The van der Waals surface area contributed by atoms with Gasteiger partial charge in [0.2, 0.25) is 5.95 Å². The lowest BCUT2D eigenvalue weighted by atomic mass is 10.1. The van der Waals surface area contributed by atoms with Crippen LogP contribution in [0.3, 0.4) is 0 Å². The number of nitrogens with one attached hydrogen (secondary N) is 1. The molecule has 7 nitrogen and oxygen atoms in total. The second kappa shape index (κ2) is 8.54. The molecule has 0 radical (unpaired) electrons. The quantitative estimate of drug-likeness (QED) is 0.532. The number of hydrogen-bond acceptors (Lipinski definition) is 6. The number of nitrogens with zero attached hydrogens (tertiary/aromatic N) is 5. The van der Waals surface area contributed by atoms with Crippen molar-refractivity contribution in [2.24, 2.45) is 0 Å². The van der Waals surface area contributed by atoms with Crippen LogP contribution in [0.2, 0.25) is 0 Å². The third-order valence-corrected chi connectivity index (χ3v) is 5.53. The summed E-state index contributed by atoms with van der Waals surface area (Å²) < 4.78 is 7.38. The van der Waals surface area contributed by atoms with E-state index in [9.17, 15) is 5.26 Å². The molecule has 0 aliphatic carbocycles. The van der Waals surface area contributed by atoms with Gasteiger partial charge in [0.05, 0.1) is 24.4 Å². The Morgan fingerprint density at radius 3 is 2.74 bits per heavy atom. The second-order valence-corrected chi connectivity index (χ2v) is 7.57. The van der Waals surface area contributed by atoms with Gasteiger partial charge < -0.3 is 10.1 Å². The van der Waals surface area contributed by atoms with Crippen LogP contribution in [0.1, 0.15) is 18.5 Å². The Balaban J connectivity index is 1.55. The van der Waals surface area contributed by atoms with Crippen LogP contribution in [0.15, 0.2) is 60.9 Å². The summed E-state index contributed by atoms with van der Waals surface area (Å²) in [6, 6.07) is 18.9. The van der Waals surface area contributed by atoms with Crippen molar-refractivity contribution in [3.8, 4) is 23.3 Å². The molecule has 154 valence electrons. The molecule has 0 unspecified atom stereocenters. The van der Waals surface area contributed by atoms with Crippen LogP contribution in [0.5, 0.6) is 0 Å². The standard InChI is InChI=1S/C24H22N6O/c25-11-7-21-16-27-23(19-6-5-17-3-1-2-4-18(17)15-19)30(21)22-8-12-26-24(29-22)28-20-9-13-31-14-10-20/h1-6,8,12,15-16,20H,7,9-10,13-14H2,(H,26,28,29). The highest BCUT2D eigenvalue weighted by atomic mass is 16.5. The van der Waals surface area contributed by atoms with E-state index >= 15 is 0 Å². The van der Waals surface area contributed by atoms with Crippen molar-refractivity contribution in [3.05, 3.63) is 66.6 Å². The van der Waals surface area contributed by atoms with E-state index in [2.05, 4.69) is 51.7 Å². The molecule has 5 rings (SSSR count). The number of nitriles is 1. The molecule has 31 heavy (non-hydrogen) atoms. The van der Waals surface area contributed by atoms with Crippen LogP contribution in [0.4, 0.5) is 5.95 Å². The van der Waals surface area contributed by atoms with Crippen molar-refractivity contribution in [1.82, 2.24) is 19.5 Å². The first-order valence-corrected chi connectivity index (χ1v) is 10.4. The van der Waals surface area contributed by atoms with E-state index in [0.29, 0.717) is 17.8 Å². The first kappa shape index (κ1) is 19.2. The molecule has 1 fully saturated rings. The third-order valence-electron chi connectivity index (χ3n) is 5.53. The maximum absolute atomic E-state index is 9.34. The summed E-state index contributed by atoms with van der Waals surface area (Å²) in [4.78, 5) is 13.8. The van der Waals surface area contributed by atoms with E-state index in [1.807, 2.05) is 22.8 Å². The summed E-state index contributed by atoms with van der Waals surface area (Å²) >= 11 is 0. The van der Waals surface area contributed by atoms with E-state index in [4.69, 9.17) is 9.72 Å². The van der Waals surface area contributed by atoms with Crippen LogP contribution < -0.4 is 5.32 Å². The average Bonchev–Trinajstić information content (AvgIpc) is 3.23. The molecule has 1 N–H and O–H groups in total. The van der Waals surface area contributed by atoms with Gasteiger partial charge >= 0.3 is 0 Å². The van der Waals surface area contributed by atoms with Gasteiger partial charge in [-0.25, -0.2) is 9.97 Å². The van der Waals surface area contributed by atoms with Gasteiger partial charge in [-0.3, -0.25) is 4.57 Å². The van der Waals surface area contributed by atoms with Crippen molar-refractivity contribution in [2.45, 2.75) is 25.3 Å². The molecule has 1 saturated heterocycles. The topological polar surface area (TPSA) is 88.7 Å². The number of rotatable bonds is 5. The fourth-order valence-electron chi connectivity index (χ4n) is 3.95. The van der Waals surface area contributed by atoms with Crippen molar-refractivity contribution in [1.29, 1.82) is 5.26 Å². The maximum atomic E-state index is 9.34. The summed E-state index contributed by atoms with van der Waals surface area (Å²) in [5, 5.41) is 15.1. The molecule has 4 aromatic rings. The number of ether oxygens (including phenoxy) is 1. The summed E-state index contributed by atoms with van der Waals surface area (Å²) in [5.74, 6) is 2.02. The van der Waals surface area contributed by atoms with Gasteiger partial charge in [-0.1, -0.05) is 36.4 Å². The second-order valence-electron chi connectivity index (χ2n) is 7.57. The van der Waals surface area contributed by atoms with E-state index < -0.39 is 0 Å². The molecule has 0 amide bonds. The van der Waals surface area contributed by atoms with Gasteiger partial charge in [0.1, 0.15) is 11.6 Å². The highest BCUT2D eigenvalue weighted by molar-refractivity contribution is 5.86. The fourth-order valence-corrected chi connectivity index (χ4v) is 3.95. The minimum absolute atomic E-state index is 0.243. The van der Waals surface area contributed by atoms with E-state index in [-0.39, 0.29) is 6.42 Å². The number of anilines is 1. The summed E-state index contributed by atoms with van der Waals surface area (Å²) in [5.41, 5.74) is 1.77. The SMILES string of the molecule is N#CCc1cnc(-c2ccc3ccccc3c2)n1-c1ccnc(NC2CCOCC2)n1. The highest BCUT2D eigenvalue weighted by Gasteiger charge is 2.18. The van der Waals surface area contributed by atoms with Crippen LogP contribution in [-0.2, 0) is 11.2 Å². The van der Waals surface area contributed by atoms with Gasteiger partial charge in [0.15, 0.2) is 0 Å². The Kier molecular flexibility index (Phi) is 5.29. The van der Waals surface area contributed by atoms with Gasteiger partial charge in [0.25, 0.3) is 0 Å². The molecule has 3 heterocycles. The molecule has 7 heteroatoms. The van der Waals surface area contributed by atoms with E-state index in [1.165, 1.54) is 5.39 Å². The molecule has 0 spiro atoms. The number of imidazole rings is 1. The average molecular weight is 410 g/mol. The zero-order chi connectivity index (χ0) is 21.0. The fraction of sp³-hybridized carbons (Fsp3) is 0.250. The maximum Gasteiger partial charge on any atom is 0.224 e. The first-order chi connectivity index (χ1) is 15.3. The van der Waals surface area contributed by atoms with Crippen LogP contribution in [0, 0.1) is 11.3 Å². The van der Waals surface area contributed by atoms with Crippen LogP contribution in [-0.4, -0.2) is 38.8 Å². The predicted octanol–water partition coefficient (Wildman–Crippen LogP) is 4.14. The normalized spacial score (nSPS) is 14.4. The van der Waals surface area contributed by atoms with Crippen molar-refractivity contribution in [3.63, 3.8) is 0 Å². The monoisotopic (exact) mass is 410 g/mol. The summed E-state index contributed by atoms with van der Waals surface area (Å²) in [6.07, 6.45) is 5.60. The Morgan fingerprint density at radius 1 is 1.06 bits per heavy atom. The van der Waals surface area contributed by atoms with Crippen molar-refractivity contribution < 1.29 is 4.74 Å². The molecular formula is C24H22N6O. The van der Waals surface area contributed by atoms with E-state index in [0.717, 1.165) is 48.5 Å². The Morgan fingerprint density at radius 2 is 1.90 bits per heavy atom. The minimum Gasteiger partial charge on any atom is -0.381 e. The zero-order valence-electron chi connectivity index (χ0n) is 17.0. The largest absolute Gasteiger partial charge is 0.381 e. The molecule has 0 atom stereocenters. The van der Waals surface area contributed by atoms with Gasteiger partial charge in [-0.05, 0) is 35.7 Å². The molecule has 0 bridgehead atoms. The van der Waals surface area contributed by atoms with Crippen LogP contribution in [0.25, 0.3) is 28.0 Å². The number of hydrogen-bond donors (Lipinski definition) is 1. The Bertz CT molecular complexity index is 1250. The third kappa shape index (κ3) is 3.98. The number of aromatic nitrogens is 4. The lowest BCUT2D eigenvalue weighted by Crippen LogP contribution is -2.28. The van der Waals surface area contributed by atoms with Gasteiger partial charge in [0, 0.05) is 31.0 Å². The molecule has 0 saturated carbocycles. The summed E-state index contributed by atoms with van der Waals surface area (Å²) in [7, 11) is 0. The Labute approximate surface area is 180 Å².